The summed E-state index contributed by atoms with van der Waals surface area (Å²) in [5, 5.41) is 16.7. The van der Waals surface area contributed by atoms with Gasteiger partial charge in [0.15, 0.2) is 0 Å². The highest BCUT2D eigenvalue weighted by Crippen LogP contribution is 2.24. The standard InChI is InChI=1S/C19H15N3O3/c1-14-17(19(23)21(20-14)16-10-3-2-4-11-16)12-7-9-15-8-5-6-13-18(15)22(24)25/h2-13H,1H3/b9-7+,17-12+. The monoisotopic (exact) mass is 333 g/mol. The highest BCUT2D eigenvalue weighted by Gasteiger charge is 2.27. The molecule has 6 nitrogen and oxygen atoms in total. The molecule has 0 fully saturated rings. The molecule has 1 aliphatic heterocycles. The van der Waals surface area contributed by atoms with E-state index in [4.69, 9.17) is 0 Å². The first-order valence-electron chi connectivity index (χ1n) is 7.65. The molecule has 0 saturated heterocycles. The lowest BCUT2D eigenvalue weighted by molar-refractivity contribution is -0.385. The number of nitro benzene ring substituents is 1. The zero-order valence-corrected chi connectivity index (χ0v) is 13.5. The zero-order chi connectivity index (χ0) is 17.8. The summed E-state index contributed by atoms with van der Waals surface area (Å²) in [4.78, 5) is 23.1. The maximum Gasteiger partial charge on any atom is 0.280 e. The number of hydrogen-bond acceptors (Lipinski definition) is 4. The summed E-state index contributed by atoms with van der Waals surface area (Å²) in [5.41, 5.74) is 2.24. The van der Waals surface area contributed by atoms with Crippen molar-refractivity contribution in [3.8, 4) is 0 Å². The van der Waals surface area contributed by atoms with E-state index >= 15 is 0 Å². The van der Waals surface area contributed by atoms with Crippen LogP contribution >= 0.6 is 0 Å². The van der Waals surface area contributed by atoms with Crippen molar-refractivity contribution in [1.29, 1.82) is 0 Å². The van der Waals surface area contributed by atoms with Crippen molar-refractivity contribution < 1.29 is 9.72 Å². The topological polar surface area (TPSA) is 75.8 Å². The van der Waals surface area contributed by atoms with Crippen molar-refractivity contribution in [2.24, 2.45) is 5.10 Å². The van der Waals surface area contributed by atoms with E-state index in [0.717, 1.165) is 0 Å². The highest BCUT2D eigenvalue weighted by atomic mass is 16.6. The van der Waals surface area contributed by atoms with Crippen molar-refractivity contribution in [3.63, 3.8) is 0 Å². The minimum Gasteiger partial charge on any atom is -0.267 e. The van der Waals surface area contributed by atoms with E-state index in [1.807, 2.05) is 18.2 Å². The summed E-state index contributed by atoms with van der Waals surface area (Å²) in [6.45, 7) is 1.76. The molecule has 0 aliphatic carbocycles. The number of para-hydroxylation sites is 2. The maximum atomic E-state index is 12.5. The molecular weight excluding hydrogens is 318 g/mol. The van der Waals surface area contributed by atoms with Crippen LogP contribution in [0.25, 0.3) is 6.08 Å². The second-order valence-electron chi connectivity index (χ2n) is 5.39. The third-order valence-corrected chi connectivity index (χ3v) is 3.74. The fraction of sp³-hybridized carbons (Fsp3) is 0.0526. The average molecular weight is 333 g/mol. The smallest absolute Gasteiger partial charge is 0.267 e. The molecule has 0 N–H and O–H groups in total. The van der Waals surface area contributed by atoms with Gasteiger partial charge in [-0.3, -0.25) is 14.9 Å². The molecule has 1 amide bonds. The van der Waals surface area contributed by atoms with Crippen LogP contribution in [0.5, 0.6) is 0 Å². The Morgan fingerprint density at radius 2 is 1.76 bits per heavy atom. The number of carbonyl (C=O) groups excluding carboxylic acids is 1. The van der Waals surface area contributed by atoms with Crippen molar-refractivity contribution in [3.05, 3.63) is 88.0 Å². The van der Waals surface area contributed by atoms with Crippen LogP contribution in [-0.2, 0) is 4.79 Å². The van der Waals surface area contributed by atoms with Crippen LogP contribution in [0.4, 0.5) is 11.4 Å². The first-order valence-corrected chi connectivity index (χ1v) is 7.65. The average Bonchev–Trinajstić information content (AvgIpc) is 2.91. The maximum absolute atomic E-state index is 12.5. The van der Waals surface area contributed by atoms with Crippen molar-refractivity contribution in [2.75, 3.05) is 5.01 Å². The van der Waals surface area contributed by atoms with Crippen LogP contribution in [0, 0.1) is 10.1 Å². The molecule has 1 heterocycles. The summed E-state index contributed by atoms with van der Waals surface area (Å²) in [6.07, 6.45) is 4.86. The van der Waals surface area contributed by atoms with Gasteiger partial charge in [-0.1, -0.05) is 36.4 Å². The van der Waals surface area contributed by atoms with E-state index in [0.29, 0.717) is 22.5 Å². The molecule has 1 aliphatic rings. The molecule has 0 bridgehead atoms. The number of rotatable bonds is 4. The number of hydrazone groups is 1. The molecule has 0 unspecified atom stereocenters. The number of nitrogens with zero attached hydrogens (tertiary/aromatic N) is 3. The van der Waals surface area contributed by atoms with Gasteiger partial charge in [0.05, 0.1) is 27.5 Å². The fourth-order valence-corrected chi connectivity index (χ4v) is 2.50. The summed E-state index contributed by atoms with van der Waals surface area (Å²) in [6, 6.07) is 15.6. The van der Waals surface area contributed by atoms with Crippen LogP contribution in [0.15, 0.2) is 77.4 Å². The molecule has 2 aromatic rings. The Labute approximate surface area is 144 Å². The third kappa shape index (κ3) is 3.37. The Morgan fingerprint density at radius 1 is 1.08 bits per heavy atom. The van der Waals surface area contributed by atoms with Gasteiger partial charge in [-0.2, -0.15) is 10.1 Å². The Balaban J connectivity index is 1.85. The molecule has 0 spiro atoms. The van der Waals surface area contributed by atoms with E-state index in [1.54, 1.807) is 55.5 Å². The lowest BCUT2D eigenvalue weighted by Gasteiger charge is -2.10. The van der Waals surface area contributed by atoms with Gasteiger partial charge >= 0.3 is 0 Å². The largest absolute Gasteiger partial charge is 0.280 e. The molecular formula is C19H15N3O3. The number of anilines is 1. The molecule has 2 aromatic carbocycles. The number of amides is 1. The predicted molar refractivity (Wildman–Crippen MR) is 97.3 cm³/mol. The Morgan fingerprint density at radius 3 is 2.48 bits per heavy atom. The molecule has 25 heavy (non-hydrogen) atoms. The lowest BCUT2D eigenvalue weighted by Crippen LogP contribution is -2.21. The van der Waals surface area contributed by atoms with Crippen LogP contribution in [0.1, 0.15) is 12.5 Å². The molecule has 0 radical (unpaired) electrons. The van der Waals surface area contributed by atoms with Crippen LogP contribution in [0.3, 0.4) is 0 Å². The minimum absolute atomic E-state index is 0.0196. The number of benzene rings is 2. The Bertz CT molecular complexity index is 915. The van der Waals surface area contributed by atoms with Gasteiger partial charge in [0, 0.05) is 6.07 Å². The van der Waals surface area contributed by atoms with E-state index in [9.17, 15) is 14.9 Å². The SMILES string of the molecule is CC1=NN(c2ccccc2)C(=O)/C1=C/C=C/c1ccccc1[N+](=O)[O-]. The number of carbonyl (C=O) groups is 1. The third-order valence-electron chi connectivity index (χ3n) is 3.74. The van der Waals surface area contributed by atoms with Gasteiger partial charge in [0.1, 0.15) is 0 Å². The van der Waals surface area contributed by atoms with Gasteiger partial charge in [-0.15, -0.1) is 0 Å². The van der Waals surface area contributed by atoms with E-state index in [-0.39, 0.29) is 11.6 Å². The van der Waals surface area contributed by atoms with Crippen molar-refractivity contribution in [2.45, 2.75) is 6.92 Å². The summed E-state index contributed by atoms with van der Waals surface area (Å²) in [5.74, 6) is -0.226. The van der Waals surface area contributed by atoms with Crippen LogP contribution in [-0.4, -0.2) is 16.5 Å². The number of hydrogen-bond donors (Lipinski definition) is 0. The van der Waals surface area contributed by atoms with Gasteiger partial charge in [0.25, 0.3) is 11.6 Å². The second kappa shape index (κ2) is 6.92. The molecule has 6 heteroatoms. The minimum atomic E-state index is -0.433. The summed E-state index contributed by atoms with van der Waals surface area (Å²) < 4.78 is 0. The van der Waals surface area contributed by atoms with Crippen LogP contribution < -0.4 is 5.01 Å². The Hall–Kier alpha value is -3.54. The van der Waals surface area contributed by atoms with Crippen LogP contribution in [0.2, 0.25) is 0 Å². The molecule has 0 atom stereocenters. The van der Waals surface area contributed by atoms with Gasteiger partial charge in [-0.25, -0.2) is 0 Å². The molecule has 3 rings (SSSR count). The number of allylic oxidation sites excluding steroid dienone is 2. The fourth-order valence-electron chi connectivity index (χ4n) is 2.50. The first kappa shape index (κ1) is 16.3. The zero-order valence-electron chi connectivity index (χ0n) is 13.5. The molecule has 0 saturated carbocycles. The lowest BCUT2D eigenvalue weighted by atomic mass is 10.1. The molecule has 0 aromatic heterocycles. The normalized spacial score (nSPS) is 15.9. The Kier molecular flexibility index (Phi) is 4.52. The summed E-state index contributed by atoms with van der Waals surface area (Å²) >= 11 is 0. The quantitative estimate of drug-likeness (QED) is 0.483. The van der Waals surface area contributed by atoms with E-state index < -0.39 is 4.92 Å². The molecule has 124 valence electrons. The van der Waals surface area contributed by atoms with Gasteiger partial charge in [-0.05, 0) is 37.3 Å². The van der Waals surface area contributed by atoms with Gasteiger partial charge < -0.3 is 0 Å². The predicted octanol–water partition coefficient (Wildman–Crippen LogP) is 3.96. The number of nitro groups is 1. The summed E-state index contributed by atoms with van der Waals surface area (Å²) in [7, 11) is 0. The second-order valence-corrected chi connectivity index (χ2v) is 5.39. The van der Waals surface area contributed by atoms with E-state index in [2.05, 4.69) is 5.10 Å². The van der Waals surface area contributed by atoms with Crippen molar-refractivity contribution in [1.82, 2.24) is 0 Å². The van der Waals surface area contributed by atoms with Crippen molar-refractivity contribution >= 4 is 29.1 Å². The van der Waals surface area contributed by atoms with E-state index in [1.165, 1.54) is 11.1 Å². The van der Waals surface area contributed by atoms with Gasteiger partial charge in [0.2, 0.25) is 0 Å². The first-order chi connectivity index (χ1) is 12.1. The highest BCUT2D eigenvalue weighted by molar-refractivity contribution is 6.29.